The highest BCUT2D eigenvalue weighted by Gasteiger charge is 2.37. The van der Waals surface area contributed by atoms with Gasteiger partial charge in [-0.05, 0) is 6.92 Å². The van der Waals surface area contributed by atoms with Crippen LogP contribution in [-0.4, -0.2) is 24.1 Å². The summed E-state index contributed by atoms with van der Waals surface area (Å²) in [6.07, 6.45) is 0. The lowest BCUT2D eigenvalue weighted by Crippen LogP contribution is -2.45. The lowest BCUT2D eigenvalue weighted by atomic mass is 10.1. The summed E-state index contributed by atoms with van der Waals surface area (Å²) < 4.78 is 10.0. The molecule has 1 aliphatic heterocycles. The van der Waals surface area contributed by atoms with E-state index in [4.69, 9.17) is 9.47 Å². The Morgan fingerprint density at radius 1 is 1.58 bits per heavy atom. The third-order valence-corrected chi connectivity index (χ3v) is 1.72. The lowest BCUT2D eigenvalue weighted by molar-refractivity contribution is -0.245. The minimum atomic E-state index is -0.886. The van der Waals surface area contributed by atoms with Crippen molar-refractivity contribution in [3.8, 4) is 0 Å². The molecule has 12 heavy (non-hydrogen) atoms. The summed E-state index contributed by atoms with van der Waals surface area (Å²) in [5.41, 5.74) is 0. The van der Waals surface area contributed by atoms with Crippen molar-refractivity contribution < 1.29 is 19.1 Å². The van der Waals surface area contributed by atoms with E-state index >= 15 is 0 Å². The molecule has 0 amide bonds. The Hall–Kier alpha value is -0.900. The molecule has 1 aliphatic rings. The van der Waals surface area contributed by atoms with Gasteiger partial charge in [0, 0.05) is 13.8 Å². The average molecular weight is 172 g/mol. The maximum atomic E-state index is 11.1. The van der Waals surface area contributed by atoms with Crippen LogP contribution in [0.2, 0.25) is 0 Å². The smallest absolute Gasteiger partial charge is 0.321 e. The number of rotatable bonds is 1. The molecule has 68 valence electrons. The number of ketones is 1. The quantitative estimate of drug-likeness (QED) is 0.427. The van der Waals surface area contributed by atoms with E-state index in [0.29, 0.717) is 0 Å². The molecule has 0 aromatic heterocycles. The van der Waals surface area contributed by atoms with Crippen LogP contribution in [0.25, 0.3) is 0 Å². The summed E-state index contributed by atoms with van der Waals surface area (Å²) >= 11 is 0. The number of cyclic esters (lactones) is 1. The van der Waals surface area contributed by atoms with Gasteiger partial charge in [0.2, 0.25) is 5.79 Å². The molecule has 0 aromatic carbocycles. The van der Waals surface area contributed by atoms with Gasteiger partial charge in [-0.1, -0.05) is 0 Å². The molecule has 0 radical (unpaired) electrons. The van der Waals surface area contributed by atoms with Crippen LogP contribution < -0.4 is 0 Å². The molecule has 1 rings (SSSR count). The van der Waals surface area contributed by atoms with Crippen molar-refractivity contribution in [2.45, 2.75) is 26.6 Å². The molecule has 0 aromatic rings. The number of hydrogen-bond donors (Lipinski definition) is 0. The van der Waals surface area contributed by atoms with Crippen molar-refractivity contribution in [3.63, 3.8) is 0 Å². The number of esters is 1. The average Bonchev–Trinajstić information content (AvgIpc) is 1.83. The molecule has 1 fully saturated rings. The molecule has 1 heterocycles. The van der Waals surface area contributed by atoms with Gasteiger partial charge in [-0.2, -0.15) is 0 Å². The van der Waals surface area contributed by atoms with Crippen LogP contribution in [-0.2, 0) is 19.1 Å². The summed E-state index contributed by atoms with van der Waals surface area (Å²) in [7, 11) is 0. The fourth-order valence-corrected chi connectivity index (χ4v) is 0.978. The zero-order valence-corrected chi connectivity index (χ0v) is 7.42. The van der Waals surface area contributed by atoms with Gasteiger partial charge in [-0.15, -0.1) is 0 Å². The summed E-state index contributed by atoms with van der Waals surface area (Å²) in [5, 5.41) is 0. The van der Waals surface area contributed by atoms with Crippen LogP contribution in [0.5, 0.6) is 0 Å². The van der Waals surface area contributed by atoms with Crippen molar-refractivity contribution in [1.82, 2.24) is 0 Å². The summed E-state index contributed by atoms with van der Waals surface area (Å²) in [6.45, 7) is 4.76. The Morgan fingerprint density at radius 2 is 2.17 bits per heavy atom. The highest BCUT2D eigenvalue weighted by molar-refractivity contribution is 5.98. The first kappa shape index (κ1) is 9.19. The zero-order valence-electron chi connectivity index (χ0n) is 7.42. The molecule has 0 bridgehead atoms. The van der Waals surface area contributed by atoms with Crippen molar-refractivity contribution in [3.05, 3.63) is 0 Å². The molecule has 0 spiro atoms. The topological polar surface area (TPSA) is 52.6 Å². The van der Waals surface area contributed by atoms with E-state index in [1.165, 1.54) is 6.92 Å². The van der Waals surface area contributed by atoms with Crippen LogP contribution in [0, 0.1) is 5.92 Å². The Balaban J connectivity index is 2.66. The van der Waals surface area contributed by atoms with Gasteiger partial charge in [-0.25, -0.2) is 0 Å². The second kappa shape index (κ2) is 2.86. The van der Waals surface area contributed by atoms with E-state index < -0.39 is 17.7 Å². The fraction of sp³-hybridized carbons (Fsp3) is 0.750. The first-order valence-electron chi connectivity index (χ1n) is 3.79. The predicted molar refractivity (Wildman–Crippen MR) is 40.3 cm³/mol. The third kappa shape index (κ3) is 1.82. The Bertz CT molecular complexity index is 219. The summed E-state index contributed by atoms with van der Waals surface area (Å²) in [4.78, 5) is 22.0. The number of carbonyl (C=O) groups excluding carboxylic acids is 2. The minimum absolute atomic E-state index is 0.126. The highest BCUT2D eigenvalue weighted by Crippen LogP contribution is 2.21. The second-order valence-corrected chi connectivity index (χ2v) is 3.30. The van der Waals surface area contributed by atoms with Gasteiger partial charge in [0.1, 0.15) is 11.7 Å². The normalized spacial score (nSPS) is 27.9. The molecule has 0 N–H and O–H groups in total. The van der Waals surface area contributed by atoms with Crippen LogP contribution in [0.1, 0.15) is 20.8 Å². The predicted octanol–water partition coefficient (Wildman–Crippen LogP) is 0.501. The van der Waals surface area contributed by atoms with E-state index in [2.05, 4.69) is 0 Å². The standard InChI is InChI=1S/C8H12O4/c1-5(9)6-4-11-8(2,3)12-7(6)10/h6H,4H2,1-3H3. The van der Waals surface area contributed by atoms with Crippen LogP contribution in [0.15, 0.2) is 0 Å². The van der Waals surface area contributed by atoms with E-state index in [9.17, 15) is 9.59 Å². The first-order chi connectivity index (χ1) is 5.42. The van der Waals surface area contributed by atoms with E-state index in [-0.39, 0.29) is 12.4 Å². The van der Waals surface area contributed by atoms with E-state index in [1.54, 1.807) is 13.8 Å². The van der Waals surface area contributed by atoms with Gasteiger partial charge < -0.3 is 9.47 Å². The second-order valence-electron chi connectivity index (χ2n) is 3.30. The Kier molecular flexibility index (Phi) is 2.19. The van der Waals surface area contributed by atoms with Gasteiger partial charge in [0.05, 0.1) is 6.61 Å². The SMILES string of the molecule is CC(=O)C1COC(C)(C)OC1=O. The number of carbonyl (C=O) groups is 2. The molecule has 0 saturated carbocycles. The van der Waals surface area contributed by atoms with Gasteiger partial charge in [0.15, 0.2) is 0 Å². The molecular weight excluding hydrogens is 160 g/mol. The fourth-order valence-electron chi connectivity index (χ4n) is 0.978. The number of ether oxygens (including phenoxy) is 2. The molecule has 1 saturated heterocycles. The van der Waals surface area contributed by atoms with Crippen LogP contribution in [0.4, 0.5) is 0 Å². The first-order valence-corrected chi connectivity index (χ1v) is 3.79. The van der Waals surface area contributed by atoms with E-state index in [0.717, 1.165) is 0 Å². The maximum absolute atomic E-state index is 11.1. The van der Waals surface area contributed by atoms with E-state index in [1.807, 2.05) is 0 Å². The summed E-state index contributed by atoms with van der Waals surface area (Å²) in [5.74, 6) is -2.32. The van der Waals surface area contributed by atoms with Crippen LogP contribution >= 0.6 is 0 Å². The molecule has 4 heteroatoms. The summed E-state index contributed by atoms with van der Waals surface area (Å²) in [6, 6.07) is 0. The molecule has 1 unspecified atom stereocenters. The zero-order chi connectivity index (χ0) is 9.35. The molecule has 4 nitrogen and oxygen atoms in total. The van der Waals surface area contributed by atoms with Crippen molar-refractivity contribution in [1.29, 1.82) is 0 Å². The molecular formula is C8H12O4. The van der Waals surface area contributed by atoms with Crippen molar-refractivity contribution >= 4 is 11.8 Å². The Morgan fingerprint density at radius 3 is 2.58 bits per heavy atom. The van der Waals surface area contributed by atoms with Crippen molar-refractivity contribution in [2.24, 2.45) is 5.92 Å². The number of Topliss-reactive ketones (excluding diaryl/α,β-unsaturated/α-hetero) is 1. The maximum Gasteiger partial charge on any atom is 0.321 e. The Labute approximate surface area is 70.8 Å². The van der Waals surface area contributed by atoms with Crippen molar-refractivity contribution in [2.75, 3.05) is 6.61 Å². The van der Waals surface area contributed by atoms with Gasteiger partial charge in [0.25, 0.3) is 0 Å². The largest absolute Gasteiger partial charge is 0.433 e. The monoisotopic (exact) mass is 172 g/mol. The number of hydrogen-bond acceptors (Lipinski definition) is 4. The molecule has 1 atom stereocenters. The van der Waals surface area contributed by atoms with Gasteiger partial charge in [-0.3, -0.25) is 9.59 Å². The highest BCUT2D eigenvalue weighted by atomic mass is 16.7. The van der Waals surface area contributed by atoms with Crippen LogP contribution in [0.3, 0.4) is 0 Å². The molecule has 0 aliphatic carbocycles. The van der Waals surface area contributed by atoms with Gasteiger partial charge >= 0.3 is 5.97 Å². The third-order valence-electron chi connectivity index (χ3n) is 1.72. The lowest BCUT2D eigenvalue weighted by Gasteiger charge is -2.32. The minimum Gasteiger partial charge on any atom is -0.433 e.